The van der Waals surface area contributed by atoms with E-state index in [0.29, 0.717) is 17.9 Å². The highest BCUT2D eigenvalue weighted by Crippen LogP contribution is 2.15. The lowest BCUT2D eigenvalue weighted by Crippen LogP contribution is -2.46. The Morgan fingerprint density at radius 2 is 2.21 bits per heavy atom. The van der Waals surface area contributed by atoms with Gasteiger partial charge in [0.2, 0.25) is 0 Å². The van der Waals surface area contributed by atoms with E-state index in [-0.39, 0.29) is 0 Å². The minimum atomic E-state index is 0.495. The van der Waals surface area contributed by atoms with Crippen molar-refractivity contribution in [2.75, 3.05) is 33.7 Å². The molecule has 0 saturated heterocycles. The Kier molecular flexibility index (Phi) is 3.75. The summed E-state index contributed by atoms with van der Waals surface area (Å²) < 4.78 is 0. The average Bonchev–Trinajstić information content (AvgIpc) is 2.43. The van der Waals surface area contributed by atoms with E-state index in [1.54, 1.807) is 0 Å². The number of aliphatic imine (C=N–C) groups is 1. The zero-order valence-electron chi connectivity index (χ0n) is 9.70. The van der Waals surface area contributed by atoms with Gasteiger partial charge in [-0.3, -0.25) is 4.99 Å². The van der Waals surface area contributed by atoms with Crippen molar-refractivity contribution in [2.24, 2.45) is 16.6 Å². The number of guanidine groups is 1. The van der Waals surface area contributed by atoms with Crippen molar-refractivity contribution < 1.29 is 0 Å². The van der Waals surface area contributed by atoms with Crippen LogP contribution in [0.5, 0.6) is 0 Å². The lowest BCUT2D eigenvalue weighted by Gasteiger charge is -2.29. The Morgan fingerprint density at radius 3 is 2.71 bits per heavy atom. The van der Waals surface area contributed by atoms with Crippen molar-refractivity contribution in [1.82, 2.24) is 9.80 Å². The molecule has 2 N–H and O–H groups in total. The molecule has 0 fully saturated rings. The predicted molar refractivity (Wildman–Crippen MR) is 60.4 cm³/mol. The van der Waals surface area contributed by atoms with Gasteiger partial charge in [-0.1, -0.05) is 13.8 Å². The lowest BCUT2D eigenvalue weighted by atomic mass is 10.0. The fourth-order valence-corrected chi connectivity index (χ4v) is 1.71. The normalized spacial score (nSPS) is 22.3. The molecule has 1 unspecified atom stereocenters. The van der Waals surface area contributed by atoms with E-state index in [2.05, 4.69) is 42.7 Å². The van der Waals surface area contributed by atoms with Gasteiger partial charge in [-0.25, -0.2) is 0 Å². The van der Waals surface area contributed by atoms with Crippen molar-refractivity contribution in [3.8, 4) is 0 Å². The van der Waals surface area contributed by atoms with Crippen LogP contribution in [0.25, 0.3) is 0 Å². The van der Waals surface area contributed by atoms with Crippen LogP contribution >= 0.6 is 0 Å². The molecular formula is C10H22N4. The van der Waals surface area contributed by atoms with Crippen molar-refractivity contribution in [3.05, 3.63) is 0 Å². The van der Waals surface area contributed by atoms with Gasteiger partial charge in [0.05, 0.1) is 12.6 Å². The highest BCUT2D eigenvalue weighted by atomic mass is 15.3. The molecule has 1 aliphatic heterocycles. The maximum atomic E-state index is 5.85. The second-order valence-corrected chi connectivity index (χ2v) is 4.51. The molecule has 1 heterocycles. The first-order valence-corrected chi connectivity index (χ1v) is 5.23. The Hall–Kier alpha value is -0.770. The summed E-state index contributed by atoms with van der Waals surface area (Å²) in [5.41, 5.74) is 5.85. The van der Waals surface area contributed by atoms with E-state index in [1.807, 2.05) is 0 Å². The van der Waals surface area contributed by atoms with Gasteiger partial charge in [0, 0.05) is 13.1 Å². The minimum Gasteiger partial charge on any atom is -0.370 e. The van der Waals surface area contributed by atoms with Crippen LogP contribution in [0.2, 0.25) is 0 Å². The van der Waals surface area contributed by atoms with Crippen molar-refractivity contribution >= 4 is 5.96 Å². The molecule has 0 aliphatic carbocycles. The first kappa shape index (κ1) is 11.3. The molecule has 82 valence electrons. The Morgan fingerprint density at radius 1 is 1.57 bits per heavy atom. The number of likely N-dealkylation sites (N-methyl/N-ethyl adjacent to an activating group) is 1. The molecule has 0 bridgehead atoms. The van der Waals surface area contributed by atoms with Crippen LogP contribution in [0.4, 0.5) is 0 Å². The monoisotopic (exact) mass is 198 g/mol. The van der Waals surface area contributed by atoms with Crippen LogP contribution in [0.15, 0.2) is 4.99 Å². The second-order valence-electron chi connectivity index (χ2n) is 4.51. The SMILES string of the molecule is CC(C)C1CN=C(N)N1CCN(C)C. The van der Waals surface area contributed by atoms with E-state index >= 15 is 0 Å². The van der Waals surface area contributed by atoms with E-state index in [1.165, 1.54) is 0 Å². The molecule has 0 amide bonds. The standard InChI is InChI=1S/C10H22N4/c1-8(2)9-7-12-10(11)14(9)6-5-13(3)4/h8-9H,5-7H2,1-4H3,(H2,11,12). The number of nitrogens with zero attached hydrogens (tertiary/aromatic N) is 3. The Bertz CT molecular complexity index is 210. The summed E-state index contributed by atoms with van der Waals surface area (Å²) in [6.45, 7) is 7.31. The molecule has 1 atom stereocenters. The second kappa shape index (κ2) is 4.64. The molecule has 0 saturated carbocycles. The van der Waals surface area contributed by atoms with E-state index < -0.39 is 0 Å². The minimum absolute atomic E-state index is 0.495. The van der Waals surface area contributed by atoms with Crippen molar-refractivity contribution in [3.63, 3.8) is 0 Å². The van der Waals surface area contributed by atoms with Crippen molar-refractivity contribution in [1.29, 1.82) is 0 Å². The third kappa shape index (κ3) is 2.61. The summed E-state index contributed by atoms with van der Waals surface area (Å²) in [7, 11) is 4.15. The van der Waals surface area contributed by atoms with Gasteiger partial charge in [-0.2, -0.15) is 0 Å². The molecule has 4 nitrogen and oxygen atoms in total. The quantitative estimate of drug-likeness (QED) is 0.702. The van der Waals surface area contributed by atoms with E-state index in [9.17, 15) is 0 Å². The van der Waals surface area contributed by atoms with Gasteiger partial charge in [0.25, 0.3) is 0 Å². The van der Waals surface area contributed by atoms with Crippen LogP contribution in [0.3, 0.4) is 0 Å². The zero-order chi connectivity index (χ0) is 10.7. The third-order valence-corrected chi connectivity index (χ3v) is 2.69. The molecule has 1 aliphatic rings. The molecule has 0 aromatic carbocycles. The Labute approximate surface area is 86.8 Å². The van der Waals surface area contributed by atoms with E-state index in [4.69, 9.17) is 5.73 Å². The van der Waals surface area contributed by atoms with E-state index in [0.717, 1.165) is 19.6 Å². The average molecular weight is 198 g/mol. The molecular weight excluding hydrogens is 176 g/mol. The third-order valence-electron chi connectivity index (χ3n) is 2.69. The topological polar surface area (TPSA) is 44.9 Å². The summed E-state index contributed by atoms with van der Waals surface area (Å²) in [4.78, 5) is 8.70. The lowest BCUT2D eigenvalue weighted by molar-refractivity contribution is 0.248. The summed E-state index contributed by atoms with van der Waals surface area (Å²) in [5.74, 6) is 1.33. The highest BCUT2D eigenvalue weighted by molar-refractivity contribution is 5.80. The largest absolute Gasteiger partial charge is 0.370 e. The van der Waals surface area contributed by atoms with Gasteiger partial charge in [0.1, 0.15) is 0 Å². The fourth-order valence-electron chi connectivity index (χ4n) is 1.71. The van der Waals surface area contributed by atoms with Crippen LogP contribution in [-0.2, 0) is 0 Å². The molecule has 0 aromatic rings. The predicted octanol–water partition coefficient (Wildman–Crippen LogP) is 0.203. The highest BCUT2D eigenvalue weighted by Gasteiger charge is 2.27. The number of nitrogens with two attached hydrogens (primary N) is 1. The Balaban J connectivity index is 2.49. The maximum absolute atomic E-state index is 5.85. The smallest absolute Gasteiger partial charge is 0.191 e. The summed E-state index contributed by atoms with van der Waals surface area (Å²) in [6, 6.07) is 0.495. The van der Waals surface area contributed by atoms with Gasteiger partial charge in [-0.05, 0) is 20.0 Å². The first-order valence-electron chi connectivity index (χ1n) is 5.23. The number of hydrogen-bond acceptors (Lipinski definition) is 4. The number of hydrogen-bond donors (Lipinski definition) is 1. The molecule has 0 spiro atoms. The van der Waals surface area contributed by atoms with Gasteiger partial charge >= 0.3 is 0 Å². The molecule has 0 radical (unpaired) electrons. The van der Waals surface area contributed by atoms with Crippen LogP contribution < -0.4 is 5.73 Å². The summed E-state index contributed by atoms with van der Waals surface area (Å²) >= 11 is 0. The molecule has 4 heteroatoms. The molecule has 0 aromatic heterocycles. The van der Waals surface area contributed by atoms with Crippen LogP contribution in [-0.4, -0.2) is 55.5 Å². The summed E-state index contributed by atoms with van der Waals surface area (Å²) in [5, 5.41) is 0. The molecule has 14 heavy (non-hydrogen) atoms. The van der Waals surface area contributed by atoms with Crippen molar-refractivity contribution in [2.45, 2.75) is 19.9 Å². The number of rotatable bonds is 4. The molecule has 1 rings (SSSR count). The fraction of sp³-hybridized carbons (Fsp3) is 0.900. The van der Waals surface area contributed by atoms with Gasteiger partial charge < -0.3 is 15.5 Å². The van der Waals surface area contributed by atoms with Gasteiger partial charge in [-0.15, -0.1) is 0 Å². The van der Waals surface area contributed by atoms with Crippen LogP contribution in [0.1, 0.15) is 13.8 Å². The zero-order valence-corrected chi connectivity index (χ0v) is 9.70. The van der Waals surface area contributed by atoms with Gasteiger partial charge in [0.15, 0.2) is 5.96 Å². The van der Waals surface area contributed by atoms with Crippen LogP contribution in [0, 0.1) is 5.92 Å². The summed E-state index contributed by atoms with van der Waals surface area (Å²) in [6.07, 6.45) is 0. The maximum Gasteiger partial charge on any atom is 0.191 e. The first-order chi connectivity index (χ1) is 6.52.